The molecule has 0 aromatic carbocycles. The van der Waals surface area contributed by atoms with Gasteiger partial charge in [0.2, 0.25) is 5.91 Å². The second-order valence-electron chi connectivity index (χ2n) is 4.94. The van der Waals surface area contributed by atoms with Crippen molar-refractivity contribution in [2.45, 2.75) is 39.7 Å². The Morgan fingerprint density at radius 1 is 1.43 bits per heavy atom. The molecule has 14 heavy (non-hydrogen) atoms. The zero-order valence-electron chi connectivity index (χ0n) is 9.09. The van der Waals surface area contributed by atoms with Crippen LogP contribution in [-0.2, 0) is 14.3 Å². The van der Waals surface area contributed by atoms with Crippen molar-refractivity contribution in [3.63, 3.8) is 0 Å². The summed E-state index contributed by atoms with van der Waals surface area (Å²) in [5.41, 5.74) is 3.59. The number of carbonyl (C=O) groups is 2. The number of esters is 1. The lowest BCUT2D eigenvalue weighted by molar-refractivity contribution is -0.164. The second kappa shape index (κ2) is 2.97. The van der Waals surface area contributed by atoms with E-state index in [0.717, 1.165) is 0 Å². The van der Waals surface area contributed by atoms with Crippen molar-refractivity contribution >= 4 is 11.9 Å². The Kier molecular flexibility index (Phi) is 2.34. The van der Waals surface area contributed by atoms with Crippen molar-refractivity contribution in [1.29, 1.82) is 0 Å². The third kappa shape index (κ3) is 1.74. The molecule has 2 unspecified atom stereocenters. The van der Waals surface area contributed by atoms with Gasteiger partial charge < -0.3 is 10.5 Å². The molecule has 1 amide bonds. The van der Waals surface area contributed by atoms with Gasteiger partial charge in [0.25, 0.3) is 0 Å². The van der Waals surface area contributed by atoms with Gasteiger partial charge in [-0.1, -0.05) is 6.92 Å². The van der Waals surface area contributed by atoms with E-state index in [-0.39, 0.29) is 5.92 Å². The molecule has 2 N–H and O–H groups in total. The van der Waals surface area contributed by atoms with Gasteiger partial charge in [-0.15, -0.1) is 0 Å². The summed E-state index contributed by atoms with van der Waals surface area (Å²) in [5, 5.41) is 0. The first-order valence-corrected chi connectivity index (χ1v) is 4.73. The maximum Gasteiger partial charge on any atom is 0.322 e. The number of hydrogen-bond donors (Lipinski definition) is 1. The number of carbonyl (C=O) groups excluding carboxylic acids is 2. The van der Waals surface area contributed by atoms with Gasteiger partial charge in [0.1, 0.15) is 11.0 Å². The van der Waals surface area contributed by atoms with E-state index in [2.05, 4.69) is 0 Å². The molecule has 4 heteroatoms. The Hall–Kier alpha value is -1.06. The molecule has 0 aromatic rings. The zero-order chi connectivity index (χ0) is 11.1. The van der Waals surface area contributed by atoms with Gasteiger partial charge in [-0.3, -0.25) is 9.59 Å². The largest absolute Gasteiger partial charge is 0.459 e. The molecule has 0 radical (unpaired) electrons. The molecule has 0 heterocycles. The lowest BCUT2D eigenvalue weighted by Crippen LogP contribution is -2.38. The molecular formula is C10H17NO3. The first kappa shape index (κ1) is 11.0. The van der Waals surface area contributed by atoms with Gasteiger partial charge in [-0.2, -0.15) is 0 Å². The molecule has 1 aliphatic rings. The van der Waals surface area contributed by atoms with Crippen molar-refractivity contribution in [2.75, 3.05) is 0 Å². The molecule has 1 fully saturated rings. The first-order chi connectivity index (χ1) is 6.20. The van der Waals surface area contributed by atoms with Crippen LogP contribution in [0.1, 0.15) is 34.1 Å². The Balaban J connectivity index is 2.75. The van der Waals surface area contributed by atoms with E-state index in [0.29, 0.717) is 6.42 Å². The Labute approximate surface area is 83.8 Å². The summed E-state index contributed by atoms with van der Waals surface area (Å²) in [6.07, 6.45) is 0.511. The van der Waals surface area contributed by atoms with Gasteiger partial charge in [-0.05, 0) is 33.1 Å². The number of hydrogen-bond acceptors (Lipinski definition) is 3. The molecule has 0 aliphatic heterocycles. The topological polar surface area (TPSA) is 69.4 Å². The van der Waals surface area contributed by atoms with E-state index in [1.807, 2.05) is 6.92 Å². The van der Waals surface area contributed by atoms with Gasteiger partial charge in [0, 0.05) is 0 Å². The highest BCUT2D eigenvalue weighted by Crippen LogP contribution is 2.53. The second-order valence-corrected chi connectivity index (χ2v) is 4.94. The zero-order valence-corrected chi connectivity index (χ0v) is 9.09. The highest BCUT2D eigenvalue weighted by Gasteiger charge is 2.64. The van der Waals surface area contributed by atoms with Crippen LogP contribution in [-0.4, -0.2) is 17.5 Å². The van der Waals surface area contributed by atoms with E-state index >= 15 is 0 Å². The molecule has 0 spiro atoms. The molecule has 4 nitrogen and oxygen atoms in total. The summed E-state index contributed by atoms with van der Waals surface area (Å²) in [6.45, 7) is 7.14. The molecule has 1 rings (SSSR count). The van der Waals surface area contributed by atoms with Gasteiger partial charge >= 0.3 is 5.97 Å². The van der Waals surface area contributed by atoms with E-state index in [4.69, 9.17) is 10.5 Å². The maximum atomic E-state index is 11.7. The summed E-state index contributed by atoms with van der Waals surface area (Å²) < 4.78 is 5.16. The van der Waals surface area contributed by atoms with Crippen LogP contribution in [0.4, 0.5) is 0 Å². The Morgan fingerprint density at radius 2 is 1.86 bits per heavy atom. The minimum atomic E-state index is -1.05. The van der Waals surface area contributed by atoms with Crippen LogP contribution in [0, 0.1) is 11.3 Å². The number of ether oxygens (including phenoxy) is 1. The fraction of sp³-hybridized carbons (Fsp3) is 0.800. The van der Waals surface area contributed by atoms with Crippen LogP contribution < -0.4 is 5.73 Å². The molecule has 2 atom stereocenters. The van der Waals surface area contributed by atoms with Crippen LogP contribution in [0.3, 0.4) is 0 Å². The van der Waals surface area contributed by atoms with E-state index in [1.165, 1.54) is 0 Å². The van der Waals surface area contributed by atoms with Crippen molar-refractivity contribution in [3.8, 4) is 0 Å². The molecule has 1 aliphatic carbocycles. The van der Waals surface area contributed by atoms with Crippen LogP contribution in [0.25, 0.3) is 0 Å². The van der Waals surface area contributed by atoms with Crippen LogP contribution in [0.15, 0.2) is 0 Å². The quantitative estimate of drug-likeness (QED) is 0.529. The smallest absolute Gasteiger partial charge is 0.322 e. The minimum absolute atomic E-state index is 0.00912. The fourth-order valence-corrected chi connectivity index (χ4v) is 1.52. The van der Waals surface area contributed by atoms with Crippen molar-refractivity contribution in [3.05, 3.63) is 0 Å². The summed E-state index contributed by atoms with van der Waals surface area (Å²) in [7, 11) is 0. The highest BCUT2D eigenvalue weighted by atomic mass is 16.6. The Morgan fingerprint density at radius 3 is 2.07 bits per heavy atom. The molecule has 1 saturated carbocycles. The number of nitrogens with two attached hydrogens (primary N) is 1. The maximum absolute atomic E-state index is 11.7. The third-order valence-electron chi connectivity index (χ3n) is 2.51. The SMILES string of the molecule is CC1CC1(C(N)=O)C(=O)OC(C)(C)C. The summed E-state index contributed by atoms with van der Waals surface area (Å²) in [4.78, 5) is 22.8. The average Bonchev–Trinajstić information content (AvgIpc) is 2.58. The number of rotatable bonds is 2. The lowest BCUT2D eigenvalue weighted by atomic mass is 10.0. The Bertz CT molecular complexity index is 280. The van der Waals surface area contributed by atoms with Crippen molar-refractivity contribution in [1.82, 2.24) is 0 Å². The van der Waals surface area contributed by atoms with E-state index in [9.17, 15) is 9.59 Å². The predicted octanol–water partition coefficient (Wildman–Crippen LogP) is 0.840. The number of primary amides is 1. The summed E-state index contributed by atoms with van der Waals surface area (Å²) >= 11 is 0. The van der Waals surface area contributed by atoms with Crippen molar-refractivity contribution in [2.24, 2.45) is 17.1 Å². The van der Waals surface area contributed by atoms with Gasteiger partial charge in [0.05, 0.1) is 0 Å². The van der Waals surface area contributed by atoms with Crippen LogP contribution in [0.5, 0.6) is 0 Å². The fourth-order valence-electron chi connectivity index (χ4n) is 1.52. The molecular weight excluding hydrogens is 182 g/mol. The minimum Gasteiger partial charge on any atom is -0.459 e. The third-order valence-corrected chi connectivity index (χ3v) is 2.51. The summed E-state index contributed by atoms with van der Waals surface area (Å²) in [6, 6.07) is 0. The van der Waals surface area contributed by atoms with Crippen LogP contribution in [0.2, 0.25) is 0 Å². The van der Waals surface area contributed by atoms with Gasteiger partial charge in [-0.25, -0.2) is 0 Å². The van der Waals surface area contributed by atoms with Gasteiger partial charge in [0.15, 0.2) is 0 Å². The van der Waals surface area contributed by atoms with E-state index in [1.54, 1.807) is 20.8 Å². The number of amides is 1. The first-order valence-electron chi connectivity index (χ1n) is 4.73. The average molecular weight is 199 g/mol. The van der Waals surface area contributed by atoms with Crippen molar-refractivity contribution < 1.29 is 14.3 Å². The monoisotopic (exact) mass is 199 g/mol. The molecule has 0 saturated heterocycles. The molecule has 80 valence electrons. The highest BCUT2D eigenvalue weighted by molar-refractivity contribution is 6.05. The van der Waals surface area contributed by atoms with Crippen LogP contribution >= 0.6 is 0 Å². The lowest BCUT2D eigenvalue weighted by Gasteiger charge is -2.22. The molecule has 0 bridgehead atoms. The normalized spacial score (nSPS) is 31.0. The summed E-state index contributed by atoms with van der Waals surface area (Å²) in [5.74, 6) is -1.04. The van der Waals surface area contributed by atoms with E-state index < -0.39 is 22.9 Å². The standard InChI is InChI=1S/C10H17NO3/c1-6-5-10(6,7(11)12)8(13)14-9(2,3)4/h6H,5H2,1-4H3,(H2,11,12). The molecule has 0 aromatic heterocycles. The predicted molar refractivity (Wildman–Crippen MR) is 51.3 cm³/mol.